The van der Waals surface area contributed by atoms with E-state index in [1.54, 1.807) is 13.2 Å². The number of phenols is 1. The zero-order valence-electron chi connectivity index (χ0n) is 14.6. The van der Waals surface area contributed by atoms with Crippen molar-refractivity contribution in [3.63, 3.8) is 0 Å². The minimum absolute atomic E-state index is 0. The van der Waals surface area contributed by atoms with Gasteiger partial charge in [-0.1, -0.05) is 19.1 Å². The van der Waals surface area contributed by atoms with Crippen LogP contribution in [0.4, 0.5) is 0 Å². The predicted molar refractivity (Wildman–Crippen MR) is 113 cm³/mol. The van der Waals surface area contributed by atoms with E-state index in [9.17, 15) is 5.11 Å². The Balaban J connectivity index is 0.00000288. The third-order valence-corrected chi connectivity index (χ3v) is 5.30. The molecule has 24 heavy (non-hydrogen) atoms. The maximum absolute atomic E-state index is 10.2. The second kappa shape index (κ2) is 10.9. The SMILES string of the molecule is CCNC(=NCc1cccc(OC)c1O)N1CCSC(CC)C1.I. The number of para-hydroxylation sites is 1. The summed E-state index contributed by atoms with van der Waals surface area (Å²) in [5, 5.41) is 14.2. The lowest BCUT2D eigenvalue weighted by Crippen LogP contribution is -2.48. The minimum atomic E-state index is 0. The lowest BCUT2D eigenvalue weighted by molar-refractivity contribution is 0.370. The number of phenolic OH excluding ortho intramolecular Hbond substituents is 1. The van der Waals surface area contributed by atoms with Crippen molar-refractivity contribution in [1.29, 1.82) is 0 Å². The molecule has 1 aliphatic rings. The molecule has 1 fully saturated rings. The summed E-state index contributed by atoms with van der Waals surface area (Å²) in [6.45, 7) is 7.62. The second-order valence-electron chi connectivity index (χ2n) is 5.49. The Morgan fingerprint density at radius 3 is 2.92 bits per heavy atom. The second-order valence-corrected chi connectivity index (χ2v) is 6.89. The predicted octanol–water partition coefficient (Wildman–Crippen LogP) is 3.31. The average molecular weight is 465 g/mol. The average Bonchev–Trinajstić information content (AvgIpc) is 2.59. The molecule has 0 aromatic heterocycles. The highest BCUT2D eigenvalue weighted by Gasteiger charge is 2.21. The molecular weight excluding hydrogens is 437 g/mol. The normalized spacial score (nSPS) is 18.0. The van der Waals surface area contributed by atoms with Crippen molar-refractivity contribution in [2.45, 2.75) is 32.1 Å². The zero-order valence-corrected chi connectivity index (χ0v) is 17.8. The molecule has 0 bridgehead atoms. The van der Waals surface area contributed by atoms with Crippen molar-refractivity contribution in [1.82, 2.24) is 10.2 Å². The molecule has 1 aromatic rings. The minimum Gasteiger partial charge on any atom is -0.504 e. The molecule has 1 saturated heterocycles. The molecule has 0 radical (unpaired) electrons. The van der Waals surface area contributed by atoms with Gasteiger partial charge in [0.15, 0.2) is 17.5 Å². The molecule has 7 heteroatoms. The van der Waals surface area contributed by atoms with Crippen LogP contribution in [0.15, 0.2) is 23.2 Å². The van der Waals surface area contributed by atoms with Gasteiger partial charge in [0.05, 0.1) is 13.7 Å². The molecule has 1 atom stereocenters. The van der Waals surface area contributed by atoms with E-state index in [0.29, 0.717) is 17.5 Å². The molecule has 0 spiro atoms. The van der Waals surface area contributed by atoms with Crippen LogP contribution in [0.3, 0.4) is 0 Å². The van der Waals surface area contributed by atoms with E-state index in [1.807, 2.05) is 23.9 Å². The summed E-state index contributed by atoms with van der Waals surface area (Å²) >= 11 is 2.04. The Kier molecular flexibility index (Phi) is 9.65. The van der Waals surface area contributed by atoms with Gasteiger partial charge in [-0.2, -0.15) is 11.8 Å². The zero-order chi connectivity index (χ0) is 16.7. The van der Waals surface area contributed by atoms with Gasteiger partial charge in [-0.05, 0) is 19.4 Å². The van der Waals surface area contributed by atoms with Crippen LogP contribution >= 0.6 is 35.7 Å². The van der Waals surface area contributed by atoms with Gasteiger partial charge in [0.2, 0.25) is 0 Å². The number of guanidine groups is 1. The van der Waals surface area contributed by atoms with Crippen molar-refractivity contribution in [2.75, 3.05) is 32.5 Å². The number of methoxy groups -OCH3 is 1. The Hall–Kier alpha value is -0.830. The first kappa shape index (κ1) is 21.2. The van der Waals surface area contributed by atoms with Crippen LogP contribution in [0, 0.1) is 0 Å². The number of ether oxygens (including phenoxy) is 1. The maximum Gasteiger partial charge on any atom is 0.194 e. The standard InChI is InChI=1S/C17H27N3O2S.HI/c1-4-14-12-20(9-10-23-14)17(18-5-2)19-11-13-7-6-8-15(22-3)16(13)21;/h6-8,14,21H,4-5,9-12H2,1-3H3,(H,18,19);1H. The van der Waals surface area contributed by atoms with Crippen LogP contribution in [-0.4, -0.2) is 53.7 Å². The van der Waals surface area contributed by atoms with E-state index < -0.39 is 0 Å². The van der Waals surface area contributed by atoms with Crippen LogP contribution in [-0.2, 0) is 6.54 Å². The Morgan fingerprint density at radius 2 is 2.25 bits per heavy atom. The number of halogens is 1. The first-order valence-electron chi connectivity index (χ1n) is 8.19. The molecule has 2 N–H and O–H groups in total. The molecule has 1 aliphatic heterocycles. The lowest BCUT2D eigenvalue weighted by Gasteiger charge is -2.34. The summed E-state index contributed by atoms with van der Waals surface area (Å²) in [6, 6.07) is 5.51. The fraction of sp³-hybridized carbons (Fsp3) is 0.588. The number of hydrogen-bond acceptors (Lipinski definition) is 4. The smallest absolute Gasteiger partial charge is 0.194 e. The van der Waals surface area contributed by atoms with Crippen molar-refractivity contribution in [2.24, 2.45) is 4.99 Å². The van der Waals surface area contributed by atoms with Gasteiger partial charge in [0.1, 0.15) is 0 Å². The molecule has 0 amide bonds. The summed E-state index contributed by atoms with van der Waals surface area (Å²) in [7, 11) is 1.56. The van der Waals surface area contributed by atoms with Gasteiger partial charge >= 0.3 is 0 Å². The van der Waals surface area contributed by atoms with E-state index in [2.05, 4.69) is 24.1 Å². The molecule has 5 nitrogen and oxygen atoms in total. The Bertz CT molecular complexity index is 543. The highest BCUT2D eigenvalue weighted by atomic mass is 127. The molecule has 136 valence electrons. The fourth-order valence-electron chi connectivity index (χ4n) is 2.60. The molecule has 1 unspecified atom stereocenters. The van der Waals surface area contributed by atoms with Gasteiger partial charge in [-0.15, -0.1) is 24.0 Å². The number of hydrogen-bond donors (Lipinski definition) is 2. The van der Waals surface area contributed by atoms with Crippen LogP contribution in [0.5, 0.6) is 11.5 Å². The van der Waals surface area contributed by atoms with Gasteiger partial charge in [0, 0.05) is 36.2 Å². The maximum atomic E-state index is 10.2. The number of aliphatic imine (C=N–C) groups is 1. The number of thioether (sulfide) groups is 1. The largest absolute Gasteiger partial charge is 0.504 e. The number of nitrogens with one attached hydrogen (secondary N) is 1. The number of rotatable bonds is 5. The summed E-state index contributed by atoms with van der Waals surface area (Å²) in [4.78, 5) is 7.04. The number of nitrogens with zero attached hydrogens (tertiary/aromatic N) is 2. The van der Waals surface area contributed by atoms with Gasteiger partial charge in [-0.25, -0.2) is 4.99 Å². The Morgan fingerprint density at radius 1 is 1.46 bits per heavy atom. The van der Waals surface area contributed by atoms with E-state index in [0.717, 1.165) is 36.9 Å². The fourth-order valence-corrected chi connectivity index (χ4v) is 3.78. The van der Waals surface area contributed by atoms with Crippen molar-refractivity contribution in [3.05, 3.63) is 23.8 Å². The molecule has 2 rings (SSSR count). The van der Waals surface area contributed by atoms with Crippen molar-refractivity contribution in [3.8, 4) is 11.5 Å². The highest BCUT2D eigenvalue weighted by molar-refractivity contribution is 14.0. The molecule has 0 aliphatic carbocycles. The number of aromatic hydroxyl groups is 1. The molecule has 0 saturated carbocycles. The summed E-state index contributed by atoms with van der Waals surface area (Å²) in [6.07, 6.45) is 1.18. The monoisotopic (exact) mass is 465 g/mol. The highest BCUT2D eigenvalue weighted by Crippen LogP contribution is 2.30. The third-order valence-electron chi connectivity index (χ3n) is 3.93. The van der Waals surface area contributed by atoms with Crippen LogP contribution < -0.4 is 10.1 Å². The van der Waals surface area contributed by atoms with E-state index >= 15 is 0 Å². The summed E-state index contributed by atoms with van der Waals surface area (Å²) in [5.74, 6) is 2.72. The van der Waals surface area contributed by atoms with Gasteiger partial charge in [0.25, 0.3) is 0 Å². The lowest BCUT2D eigenvalue weighted by atomic mass is 10.2. The topological polar surface area (TPSA) is 57.1 Å². The van der Waals surface area contributed by atoms with Crippen LogP contribution in [0.25, 0.3) is 0 Å². The van der Waals surface area contributed by atoms with Gasteiger partial charge in [-0.3, -0.25) is 0 Å². The van der Waals surface area contributed by atoms with E-state index in [1.165, 1.54) is 6.42 Å². The third kappa shape index (κ3) is 5.61. The van der Waals surface area contributed by atoms with Crippen molar-refractivity contribution >= 4 is 41.7 Å². The van der Waals surface area contributed by atoms with Crippen molar-refractivity contribution < 1.29 is 9.84 Å². The Labute approximate surface area is 166 Å². The van der Waals surface area contributed by atoms with E-state index in [4.69, 9.17) is 9.73 Å². The van der Waals surface area contributed by atoms with E-state index in [-0.39, 0.29) is 29.7 Å². The molecule has 1 aromatic carbocycles. The molecule has 1 heterocycles. The molecular formula is C17H28IN3O2S. The first-order valence-corrected chi connectivity index (χ1v) is 9.24. The van der Waals surface area contributed by atoms with Crippen LogP contribution in [0.1, 0.15) is 25.8 Å². The number of benzene rings is 1. The quantitative estimate of drug-likeness (QED) is 0.397. The van der Waals surface area contributed by atoms with Gasteiger partial charge < -0.3 is 20.1 Å². The first-order chi connectivity index (χ1) is 11.2. The summed E-state index contributed by atoms with van der Waals surface area (Å²) < 4.78 is 5.16. The van der Waals surface area contributed by atoms with Crippen LogP contribution in [0.2, 0.25) is 0 Å². The summed E-state index contributed by atoms with van der Waals surface area (Å²) in [5.41, 5.74) is 0.776.